The number of hydrogen-bond donors (Lipinski definition) is 0. The highest BCUT2D eigenvalue weighted by atomic mass is 79.9. The zero-order valence-corrected chi connectivity index (χ0v) is 13.6. The first-order valence-corrected chi connectivity index (χ1v) is 8.80. The smallest absolute Gasteiger partial charge is 0.0449 e. The van der Waals surface area contributed by atoms with Crippen LogP contribution in [0, 0.1) is 0 Å². The highest BCUT2D eigenvalue weighted by molar-refractivity contribution is 9.15. The lowest BCUT2D eigenvalue weighted by molar-refractivity contribution is 1.38. The van der Waals surface area contributed by atoms with Gasteiger partial charge in [0.1, 0.15) is 0 Å². The lowest BCUT2D eigenvalue weighted by Crippen LogP contribution is -1.96. The molecule has 1 aliphatic rings. The van der Waals surface area contributed by atoms with E-state index in [1.165, 1.54) is 13.6 Å². The van der Waals surface area contributed by atoms with Crippen molar-refractivity contribution in [2.45, 2.75) is 9.79 Å². The van der Waals surface area contributed by atoms with Crippen LogP contribution in [-0.2, 0) is 0 Å². The minimum absolute atomic E-state index is 1.20. The lowest BCUT2D eigenvalue weighted by atomic mass is 10.4. The fourth-order valence-electron chi connectivity index (χ4n) is 2.19. The van der Waals surface area contributed by atoms with Crippen LogP contribution in [0.15, 0.2) is 105 Å². The van der Waals surface area contributed by atoms with Crippen LogP contribution in [0.5, 0.6) is 0 Å². The molecule has 3 rings (SSSR count). The van der Waals surface area contributed by atoms with Gasteiger partial charge in [0.15, 0.2) is 0 Å². The zero-order chi connectivity index (χ0) is 14.4. The standard InChI is InChI=1S/C16H13BrS.C2H4/c17-16-12-7-13-18(16,14-8-3-1-4-9-14)15-10-5-2-6-11-15;1-2/h1-13H;1-2H2. The van der Waals surface area contributed by atoms with E-state index in [4.69, 9.17) is 0 Å². The van der Waals surface area contributed by atoms with Crippen LogP contribution >= 0.6 is 26.0 Å². The van der Waals surface area contributed by atoms with Crippen LogP contribution in [0.3, 0.4) is 0 Å². The molecule has 1 heterocycles. The first-order chi connectivity index (χ1) is 9.84. The van der Waals surface area contributed by atoms with Crippen molar-refractivity contribution >= 4 is 26.0 Å². The quantitative estimate of drug-likeness (QED) is 0.547. The summed E-state index contributed by atoms with van der Waals surface area (Å²) in [5.41, 5.74) is 0. The van der Waals surface area contributed by atoms with Gasteiger partial charge in [0.2, 0.25) is 0 Å². The normalized spacial score (nSPS) is 16.8. The minimum atomic E-state index is -1.20. The van der Waals surface area contributed by atoms with Gasteiger partial charge in [0.25, 0.3) is 0 Å². The maximum Gasteiger partial charge on any atom is 0.0449 e. The molecule has 1 aliphatic heterocycles. The van der Waals surface area contributed by atoms with Crippen LogP contribution in [-0.4, -0.2) is 0 Å². The molecule has 0 nitrogen and oxygen atoms in total. The van der Waals surface area contributed by atoms with E-state index in [0.717, 1.165) is 0 Å². The van der Waals surface area contributed by atoms with Crippen molar-refractivity contribution < 1.29 is 0 Å². The second-order valence-electron chi connectivity index (χ2n) is 4.09. The summed E-state index contributed by atoms with van der Waals surface area (Å²) in [6.07, 6.45) is 4.31. The molecule has 2 heteroatoms. The third kappa shape index (κ3) is 2.54. The van der Waals surface area contributed by atoms with Crippen molar-refractivity contribution in [3.8, 4) is 0 Å². The Kier molecular flexibility index (Phi) is 5.05. The van der Waals surface area contributed by atoms with Crippen LogP contribution in [0.2, 0.25) is 0 Å². The number of halogens is 1. The topological polar surface area (TPSA) is 0 Å². The summed E-state index contributed by atoms with van der Waals surface area (Å²) >= 11 is 3.77. The molecule has 0 aromatic heterocycles. The lowest BCUT2D eigenvalue weighted by Gasteiger charge is -2.35. The Balaban J connectivity index is 0.000000704. The second kappa shape index (κ2) is 6.78. The van der Waals surface area contributed by atoms with Gasteiger partial charge < -0.3 is 0 Å². The summed E-state index contributed by atoms with van der Waals surface area (Å²) < 4.78 is 1.27. The van der Waals surface area contributed by atoms with Gasteiger partial charge in [-0.05, 0) is 51.7 Å². The SMILES string of the molecule is BrC1=CC=CS1(c1ccccc1)c1ccccc1.C=C. The highest BCUT2D eigenvalue weighted by Crippen LogP contribution is 2.72. The first-order valence-electron chi connectivity index (χ1n) is 6.31. The van der Waals surface area contributed by atoms with E-state index in [0.29, 0.717) is 0 Å². The monoisotopic (exact) mass is 344 g/mol. The summed E-state index contributed by atoms with van der Waals surface area (Å²) in [5.74, 6) is 0. The number of benzene rings is 2. The van der Waals surface area contributed by atoms with Crippen LogP contribution in [0.1, 0.15) is 0 Å². The van der Waals surface area contributed by atoms with E-state index in [1.807, 2.05) is 0 Å². The Hall–Kier alpha value is -1.51. The Morgan fingerprint density at radius 3 is 1.55 bits per heavy atom. The third-order valence-corrected chi connectivity index (χ3v) is 8.19. The molecule has 2 aromatic rings. The van der Waals surface area contributed by atoms with Crippen molar-refractivity contribution in [1.29, 1.82) is 0 Å². The minimum Gasteiger partial charge on any atom is -0.133 e. The van der Waals surface area contributed by atoms with Gasteiger partial charge in [0, 0.05) is 13.6 Å². The molecular weight excluding hydrogens is 328 g/mol. The van der Waals surface area contributed by atoms with Gasteiger partial charge in [-0.2, -0.15) is 0 Å². The summed E-state index contributed by atoms with van der Waals surface area (Å²) in [6, 6.07) is 21.4. The van der Waals surface area contributed by atoms with Crippen molar-refractivity contribution in [3.05, 3.63) is 95.2 Å². The molecule has 0 radical (unpaired) electrons. The maximum absolute atomic E-state index is 3.77. The van der Waals surface area contributed by atoms with Crippen molar-refractivity contribution in [2.75, 3.05) is 0 Å². The molecule has 102 valence electrons. The van der Waals surface area contributed by atoms with Crippen molar-refractivity contribution in [1.82, 2.24) is 0 Å². The van der Waals surface area contributed by atoms with Crippen LogP contribution in [0.4, 0.5) is 0 Å². The molecule has 2 aromatic carbocycles. The van der Waals surface area contributed by atoms with Crippen molar-refractivity contribution in [3.63, 3.8) is 0 Å². The summed E-state index contributed by atoms with van der Waals surface area (Å²) in [4.78, 5) is 2.74. The first kappa shape index (κ1) is 14.9. The second-order valence-corrected chi connectivity index (χ2v) is 8.44. The van der Waals surface area contributed by atoms with E-state index in [1.54, 1.807) is 0 Å². The molecule has 0 spiro atoms. The molecule has 0 saturated carbocycles. The molecule has 0 bridgehead atoms. The fourth-order valence-corrected chi connectivity index (χ4v) is 6.74. The zero-order valence-electron chi connectivity index (χ0n) is 11.2. The largest absolute Gasteiger partial charge is 0.133 e. The molecule has 0 unspecified atom stereocenters. The Labute approximate surface area is 131 Å². The van der Waals surface area contributed by atoms with Gasteiger partial charge in [-0.25, -0.2) is 0 Å². The molecular formula is C18H17BrS. The molecule has 20 heavy (non-hydrogen) atoms. The molecule has 0 N–H and O–H groups in total. The highest BCUT2D eigenvalue weighted by Gasteiger charge is 2.31. The van der Waals surface area contributed by atoms with E-state index in [9.17, 15) is 0 Å². The molecule has 0 saturated heterocycles. The average molecular weight is 345 g/mol. The average Bonchev–Trinajstić information content (AvgIpc) is 2.94. The number of rotatable bonds is 2. The Morgan fingerprint density at radius 2 is 1.20 bits per heavy atom. The van der Waals surface area contributed by atoms with Gasteiger partial charge in [-0.3, -0.25) is 0 Å². The molecule has 0 aliphatic carbocycles. The Bertz CT molecular complexity index is 575. The molecule has 0 amide bonds. The summed E-state index contributed by atoms with van der Waals surface area (Å²) in [5, 5.41) is 2.34. The fraction of sp³-hybridized carbons (Fsp3) is 0. The van der Waals surface area contributed by atoms with Gasteiger partial charge in [-0.1, -0.05) is 42.5 Å². The van der Waals surface area contributed by atoms with Gasteiger partial charge in [-0.15, -0.1) is 23.2 Å². The number of hydrogen-bond acceptors (Lipinski definition) is 0. The molecule has 0 fully saturated rings. The summed E-state index contributed by atoms with van der Waals surface area (Å²) in [7, 11) is -1.20. The summed E-state index contributed by atoms with van der Waals surface area (Å²) in [6.45, 7) is 6.00. The third-order valence-electron chi connectivity index (χ3n) is 3.05. The van der Waals surface area contributed by atoms with E-state index in [2.05, 4.69) is 107 Å². The van der Waals surface area contributed by atoms with E-state index in [-0.39, 0.29) is 0 Å². The van der Waals surface area contributed by atoms with Gasteiger partial charge >= 0.3 is 0 Å². The van der Waals surface area contributed by atoms with Crippen molar-refractivity contribution in [2.24, 2.45) is 0 Å². The molecule has 0 atom stereocenters. The number of allylic oxidation sites excluding steroid dienone is 2. The van der Waals surface area contributed by atoms with Crippen LogP contribution < -0.4 is 0 Å². The van der Waals surface area contributed by atoms with Gasteiger partial charge in [0.05, 0.1) is 0 Å². The predicted molar refractivity (Wildman–Crippen MR) is 94.4 cm³/mol. The van der Waals surface area contributed by atoms with E-state index >= 15 is 0 Å². The van der Waals surface area contributed by atoms with Crippen LogP contribution in [0.25, 0.3) is 0 Å². The predicted octanol–water partition coefficient (Wildman–Crippen LogP) is 6.48. The maximum atomic E-state index is 3.77. The Morgan fingerprint density at radius 1 is 0.750 bits per heavy atom. The van der Waals surface area contributed by atoms with E-state index < -0.39 is 10.0 Å².